The van der Waals surface area contributed by atoms with Crippen molar-refractivity contribution in [3.8, 4) is 5.69 Å². The molecule has 0 aliphatic carbocycles. The van der Waals surface area contributed by atoms with E-state index in [9.17, 15) is 0 Å². The van der Waals surface area contributed by atoms with Crippen molar-refractivity contribution in [3.63, 3.8) is 0 Å². The van der Waals surface area contributed by atoms with Gasteiger partial charge in [0.2, 0.25) is 0 Å². The fourth-order valence-corrected chi connectivity index (χ4v) is 3.62. The first kappa shape index (κ1) is 14.8. The molecule has 3 heterocycles. The Hall–Kier alpha value is -1.76. The Bertz CT molecular complexity index is 652. The van der Waals surface area contributed by atoms with Gasteiger partial charge in [-0.25, -0.2) is 9.67 Å². The molecule has 4 rings (SSSR count). The third-order valence-corrected chi connectivity index (χ3v) is 4.53. The van der Waals surface area contributed by atoms with Crippen molar-refractivity contribution in [2.45, 2.75) is 31.6 Å². The molecule has 1 aromatic heterocycles. The molecule has 2 aliphatic heterocycles. The molecule has 0 saturated carbocycles. The molecule has 0 N–H and O–H groups in total. The predicted octanol–water partition coefficient (Wildman–Crippen LogP) is 1.65. The normalized spacial score (nSPS) is 28.5. The zero-order valence-electron chi connectivity index (χ0n) is 13.4. The maximum atomic E-state index is 6.19. The predicted molar refractivity (Wildman–Crippen MR) is 85.4 cm³/mol. The molecule has 6 nitrogen and oxygen atoms in total. The SMILES string of the molecule is C[C@H]1CN(Cc2ncnn2-c2ccccc2)C[C@]2(CCOC2)O1. The van der Waals surface area contributed by atoms with Crippen LogP contribution in [0.4, 0.5) is 0 Å². The molecule has 6 heteroatoms. The third kappa shape index (κ3) is 3.02. The van der Waals surface area contributed by atoms with E-state index in [2.05, 4.69) is 21.9 Å². The van der Waals surface area contributed by atoms with E-state index in [0.29, 0.717) is 6.61 Å². The Kier molecular flexibility index (Phi) is 3.88. The Morgan fingerprint density at radius 2 is 2.17 bits per heavy atom. The minimum Gasteiger partial charge on any atom is -0.378 e. The monoisotopic (exact) mass is 314 g/mol. The van der Waals surface area contributed by atoms with Crippen LogP contribution in [0.3, 0.4) is 0 Å². The molecule has 1 spiro atoms. The average molecular weight is 314 g/mol. The van der Waals surface area contributed by atoms with Crippen LogP contribution in [0, 0.1) is 0 Å². The van der Waals surface area contributed by atoms with Crippen molar-refractivity contribution >= 4 is 0 Å². The molecule has 0 radical (unpaired) electrons. The maximum absolute atomic E-state index is 6.19. The molecular weight excluding hydrogens is 292 g/mol. The summed E-state index contributed by atoms with van der Waals surface area (Å²) in [7, 11) is 0. The summed E-state index contributed by atoms with van der Waals surface area (Å²) >= 11 is 0. The van der Waals surface area contributed by atoms with Crippen LogP contribution in [0.2, 0.25) is 0 Å². The van der Waals surface area contributed by atoms with Gasteiger partial charge >= 0.3 is 0 Å². The fourth-order valence-electron chi connectivity index (χ4n) is 3.62. The molecule has 2 aliphatic rings. The van der Waals surface area contributed by atoms with Gasteiger partial charge in [-0.15, -0.1) is 0 Å². The van der Waals surface area contributed by atoms with Crippen molar-refractivity contribution in [2.75, 3.05) is 26.3 Å². The standard InChI is InChI=1S/C17H22N4O2/c1-14-9-20(11-17(23-14)7-8-22-12-17)10-16-18-13-19-21(16)15-5-3-2-4-6-15/h2-6,13-14H,7-12H2,1H3/t14-,17-/m0/s1. The van der Waals surface area contributed by atoms with Gasteiger partial charge in [-0.3, -0.25) is 4.90 Å². The molecule has 2 saturated heterocycles. The topological polar surface area (TPSA) is 52.4 Å². The lowest BCUT2D eigenvalue weighted by Crippen LogP contribution is -2.55. The number of hydrogen-bond donors (Lipinski definition) is 0. The third-order valence-electron chi connectivity index (χ3n) is 4.53. The van der Waals surface area contributed by atoms with Crippen LogP contribution in [0.1, 0.15) is 19.2 Å². The highest BCUT2D eigenvalue weighted by Gasteiger charge is 2.42. The van der Waals surface area contributed by atoms with Crippen LogP contribution in [0.5, 0.6) is 0 Å². The van der Waals surface area contributed by atoms with Gasteiger partial charge in [0.05, 0.1) is 24.9 Å². The molecule has 0 unspecified atom stereocenters. The summed E-state index contributed by atoms with van der Waals surface area (Å²) in [6.45, 7) is 6.18. The zero-order valence-corrected chi connectivity index (χ0v) is 13.4. The maximum Gasteiger partial charge on any atom is 0.146 e. The molecule has 1 aromatic carbocycles. The largest absolute Gasteiger partial charge is 0.378 e. The summed E-state index contributed by atoms with van der Waals surface area (Å²) in [6.07, 6.45) is 2.80. The summed E-state index contributed by atoms with van der Waals surface area (Å²) in [4.78, 5) is 6.87. The number of rotatable bonds is 3. The van der Waals surface area contributed by atoms with Gasteiger partial charge in [-0.05, 0) is 19.1 Å². The number of benzene rings is 1. The van der Waals surface area contributed by atoms with Gasteiger partial charge < -0.3 is 9.47 Å². The summed E-state index contributed by atoms with van der Waals surface area (Å²) in [6, 6.07) is 10.1. The van der Waals surface area contributed by atoms with E-state index in [4.69, 9.17) is 9.47 Å². The van der Waals surface area contributed by atoms with E-state index < -0.39 is 0 Å². The second-order valence-corrected chi connectivity index (χ2v) is 6.51. The van der Waals surface area contributed by atoms with E-state index in [1.54, 1.807) is 6.33 Å². The van der Waals surface area contributed by atoms with Crippen LogP contribution >= 0.6 is 0 Å². The molecule has 23 heavy (non-hydrogen) atoms. The number of nitrogens with zero attached hydrogens (tertiary/aromatic N) is 4. The Balaban J connectivity index is 1.53. The van der Waals surface area contributed by atoms with Gasteiger partial charge in [-0.2, -0.15) is 5.10 Å². The molecule has 0 bridgehead atoms. The smallest absolute Gasteiger partial charge is 0.146 e. The summed E-state index contributed by atoms with van der Waals surface area (Å²) in [5.41, 5.74) is 0.898. The van der Waals surface area contributed by atoms with Crippen molar-refractivity contribution in [3.05, 3.63) is 42.5 Å². The van der Waals surface area contributed by atoms with E-state index >= 15 is 0 Å². The first-order valence-electron chi connectivity index (χ1n) is 8.16. The molecule has 2 aromatic rings. The second kappa shape index (κ2) is 6.03. The van der Waals surface area contributed by atoms with E-state index in [-0.39, 0.29) is 11.7 Å². The Labute approximate surface area is 136 Å². The lowest BCUT2D eigenvalue weighted by molar-refractivity contribution is -0.149. The Morgan fingerprint density at radius 3 is 2.96 bits per heavy atom. The first-order valence-corrected chi connectivity index (χ1v) is 8.16. The number of aromatic nitrogens is 3. The van der Waals surface area contributed by atoms with Gasteiger partial charge in [-0.1, -0.05) is 18.2 Å². The Morgan fingerprint density at radius 1 is 1.30 bits per heavy atom. The summed E-state index contributed by atoms with van der Waals surface area (Å²) in [5.74, 6) is 0.958. The van der Waals surface area contributed by atoms with Crippen molar-refractivity contribution in [1.82, 2.24) is 19.7 Å². The average Bonchev–Trinajstić information content (AvgIpc) is 3.17. The summed E-state index contributed by atoms with van der Waals surface area (Å²) < 4.78 is 13.7. The van der Waals surface area contributed by atoms with Crippen LogP contribution < -0.4 is 0 Å². The number of morpholine rings is 1. The highest BCUT2D eigenvalue weighted by molar-refractivity contribution is 5.30. The quantitative estimate of drug-likeness (QED) is 0.862. The van der Waals surface area contributed by atoms with E-state index in [0.717, 1.165) is 44.2 Å². The van der Waals surface area contributed by atoms with Crippen LogP contribution in [-0.2, 0) is 16.0 Å². The lowest BCUT2D eigenvalue weighted by atomic mass is 9.99. The molecule has 122 valence electrons. The lowest BCUT2D eigenvalue weighted by Gasteiger charge is -2.42. The van der Waals surface area contributed by atoms with E-state index in [1.165, 1.54) is 0 Å². The second-order valence-electron chi connectivity index (χ2n) is 6.51. The molecule has 2 atom stereocenters. The molecule has 0 amide bonds. The van der Waals surface area contributed by atoms with Crippen molar-refractivity contribution in [2.24, 2.45) is 0 Å². The highest BCUT2D eigenvalue weighted by atomic mass is 16.6. The molecular formula is C17H22N4O2. The van der Waals surface area contributed by atoms with Crippen LogP contribution in [0.15, 0.2) is 36.7 Å². The van der Waals surface area contributed by atoms with Gasteiger partial charge in [0.25, 0.3) is 0 Å². The van der Waals surface area contributed by atoms with Crippen molar-refractivity contribution < 1.29 is 9.47 Å². The molecule has 2 fully saturated rings. The first-order chi connectivity index (χ1) is 11.2. The number of para-hydroxylation sites is 1. The van der Waals surface area contributed by atoms with Gasteiger partial charge in [0.15, 0.2) is 0 Å². The van der Waals surface area contributed by atoms with E-state index in [1.807, 2.05) is 35.0 Å². The number of hydrogen-bond acceptors (Lipinski definition) is 5. The van der Waals surface area contributed by atoms with Crippen LogP contribution in [-0.4, -0.2) is 57.7 Å². The number of ether oxygens (including phenoxy) is 2. The zero-order chi connectivity index (χ0) is 15.7. The minimum atomic E-state index is -0.144. The van der Waals surface area contributed by atoms with Crippen LogP contribution in [0.25, 0.3) is 5.69 Å². The van der Waals surface area contributed by atoms with Gasteiger partial charge in [0.1, 0.15) is 17.8 Å². The van der Waals surface area contributed by atoms with Gasteiger partial charge in [0, 0.05) is 26.1 Å². The fraction of sp³-hybridized carbons (Fsp3) is 0.529. The highest BCUT2D eigenvalue weighted by Crippen LogP contribution is 2.30. The summed E-state index contributed by atoms with van der Waals surface area (Å²) in [5, 5.41) is 4.38. The minimum absolute atomic E-state index is 0.144. The van der Waals surface area contributed by atoms with Crippen molar-refractivity contribution in [1.29, 1.82) is 0 Å².